The minimum atomic E-state index is -0.0748. The fraction of sp³-hybridized carbons (Fsp3) is 0.529. The Balaban J connectivity index is 1.91. The van der Waals surface area contributed by atoms with E-state index in [9.17, 15) is 4.79 Å². The maximum absolute atomic E-state index is 12.1. The van der Waals surface area contributed by atoms with E-state index in [1.807, 2.05) is 20.8 Å². The lowest BCUT2D eigenvalue weighted by Gasteiger charge is -2.24. The molecule has 1 aromatic carbocycles. The van der Waals surface area contributed by atoms with Crippen LogP contribution in [0.4, 0.5) is 4.79 Å². The molecule has 1 N–H and O–H groups in total. The lowest BCUT2D eigenvalue weighted by molar-refractivity contribution is 0.0614. The maximum Gasteiger partial charge on any atom is 0.317 e. The van der Waals surface area contributed by atoms with Crippen molar-refractivity contribution in [1.29, 1.82) is 0 Å². The highest BCUT2D eigenvalue weighted by Gasteiger charge is 2.26. The minimum Gasteiger partial charge on any atom is -0.390 e. The van der Waals surface area contributed by atoms with Crippen LogP contribution in [0.2, 0.25) is 0 Å². The van der Waals surface area contributed by atoms with Gasteiger partial charge in [-0.3, -0.25) is 0 Å². The summed E-state index contributed by atoms with van der Waals surface area (Å²) in [6.45, 7) is 9.14. The first-order valence-corrected chi connectivity index (χ1v) is 7.84. The summed E-state index contributed by atoms with van der Waals surface area (Å²) in [6.07, 6.45) is 0.656. The fourth-order valence-electron chi connectivity index (χ4n) is 2.38. The summed E-state index contributed by atoms with van der Waals surface area (Å²) in [5, 5.41) is 7.09. The number of oxime groups is 1. The van der Waals surface area contributed by atoms with E-state index in [4.69, 9.17) is 4.84 Å². The van der Waals surface area contributed by atoms with Crippen molar-refractivity contribution in [3.8, 4) is 0 Å². The summed E-state index contributed by atoms with van der Waals surface area (Å²) in [5.41, 5.74) is 3.26. The van der Waals surface area contributed by atoms with Gasteiger partial charge in [-0.2, -0.15) is 0 Å². The Kier molecular flexibility index (Phi) is 5.41. The van der Waals surface area contributed by atoms with Crippen molar-refractivity contribution in [2.75, 3.05) is 13.1 Å². The summed E-state index contributed by atoms with van der Waals surface area (Å²) in [5.74, 6) is 0. The van der Waals surface area contributed by atoms with Crippen LogP contribution < -0.4 is 5.32 Å². The van der Waals surface area contributed by atoms with E-state index >= 15 is 0 Å². The van der Waals surface area contributed by atoms with Crippen LogP contribution in [0.3, 0.4) is 0 Å². The molecule has 120 valence electrons. The van der Waals surface area contributed by atoms with Crippen LogP contribution in [0, 0.1) is 6.92 Å². The average Bonchev–Trinajstić information content (AvgIpc) is 2.93. The first kappa shape index (κ1) is 16.3. The zero-order valence-electron chi connectivity index (χ0n) is 13.8. The number of rotatable bonds is 5. The highest BCUT2D eigenvalue weighted by Crippen LogP contribution is 2.18. The van der Waals surface area contributed by atoms with Gasteiger partial charge < -0.3 is 15.1 Å². The maximum atomic E-state index is 12.1. The van der Waals surface area contributed by atoms with Crippen LogP contribution in [0.25, 0.3) is 0 Å². The molecule has 22 heavy (non-hydrogen) atoms. The molecular weight excluding hydrogens is 278 g/mol. The van der Waals surface area contributed by atoms with Gasteiger partial charge in [-0.25, -0.2) is 4.79 Å². The SMILES string of the molecule is CCN(C[C@H]1CC(c2ccc(C)cc2)=NO1)C(=O)NC(C)C. The summed E-state index contributed by atoms with van der Waals surface area (Å²) < 4.78 is 0. The molecule has 0 fully saturated rings. The van der Waals surface area contributed by atoms with Crippen molar-refractivity contribution in [2.24, 2.45) is 5.16 Å². The summed E-state index contributed by atoms with van der Waals surface area (Å²) >= 11 is 0. The van der Waals surface area contributed by atoms with Crippen LogP contribution >= 0.6 is 0 Å². The van der Waals surface area contributed by atoms with E-state index in [1.165, 1.54) is 5.56 Å². The van der Waals surface area contributed by atoms with Crippen molar-refractivity contribution in [3.63, 3.8) is 0 Å². The molecule has 0 radical (unpaired) electrons. The number of hydrogen-bond donors (Lipinski definition) is 1. The summed E-state index contributed by atoms with van der Waals surface area (Å²) in [6, 6.07) is 8.33. The van der Waals surface area contributed by atoms with Crippen molar-refractivity contribution < 1.29 is 9.63 Å². The number of aryl methyl sites for hydroxylation is 1. The van der Waals surface area contributed by atoms with Crippen molar-refractivity contribution in [3.05, 3.63) is 35.4 Å². The largest absolute Gasteiger partial charge is 0.390 e. The van der Waals surface area contributed by atoms with Gasteiger partial charge in [0.2, 0.25) is 0 Å². The van der Waals surface area contributed by atoms with E-state index in [0.29, 0.717) is 13.1 Å². The lowest BCUT2D eigenvalue weighted by Crippen LogP contribution is -2.45. The standard InChI is InChI=1S/C17H25N3O2/c1-5-20(17(21)18-12(2)3)11-15-10-16(19-22-15)14-8-6-13(4)7-9-14/h6-9,12,15H,5,10-11H2,1-4H3,(H,18,21)/t15-/m1/s1. The van der Waals surface area contributed by atoms with Crippen LogP contribution in [0.1, 0.15) is 38.3 Å². The molecule has 0 aliphatic carbocycles. The third-order valence-electron chi connectivity index (χ3n) is 3.62. The highest BCUT2D eigenvalue weighted by atomic mass is 16.6. The number of hydrogen-bond acceptors (Lipinski definition) is 3. The molecule has 1 aromatic rings. The number of nitrogens with zero attached hydrogens (tertiary/aromatic N) is 2. The number of nitrogens with one attached hydrogen (secondary N) is 1. The Labute approximate surface area is 132 Å². The molecule has 0 saturated heterocycles. The Hall–Kier alpha value is -2.04. The van der Waals surface area contributed by atoms with Gasteiger partial charge in [-0.1, -0.05) is 35.0 Å². The van der Waals surface area contributed by atoms with Crippen molar-refractivity contribution in [2.45, 2.75) is 46.3 Å². The average molecular weight is 303 g/mol. The Morgan fingerprint density at radius 1 is 1.41 bits per heavy atom. The number of urea groups is 1. The molecule has 1 atom stereocenters. The van der Waals surface area contributed by atoms with Crippen molar-refractivity contribution in [1.82, 2.24) is 10.2 Å². The van der Waals surface area contributed by atoms with Gasteiger partial charge in [-0.15, -0.1) is 0 Å². The molecule has 1 aliphatic rings. The molecule has 0 saturated carbocycles. The number of benzene rings is 1. The summed E-state index contributed by atoms with van der Waals surface area (Å²) in [7, 11) is 0. The van der Waals surface area contributed by atoms with E-state index in [1.54, 1.807) is 4.90 Å². The van der Waals surface area contributed by atoms with Crippen LogP contribution in [0.15, 0.2) is 29.4 Å². The van der Waals surface area contributed by atoms with E-state index in [0.717, 1.165) is 17.7 Å². The monoisotopic (exact) mass is 303 g/mol. The number of carbonyl (C=O) groups excluding carboxylic acids is 1. The molecule has 2 rings (SSSR count). The first-order valence-electron chi connectivity index (χ1n) is 7.84. The number of likely N-dealkylation sites (N-methyl/N-ethyl adjacent to an activating group) is 1. The third-order valence-corrected chi connectivity index (χ3v) is 3.62. The van der Waals surface area contributed by atoms with Crippen LogP contribution in [0.5, 0.6) is 0 Å². The molecule has 0 spiro atoms. The van der Waals surface area contributed by atoms with Gasteiger partial charge in [-0.05, 0) is 33.3 Å². The molecule has 5 nitrogen and oxygen atoms in total. The van der Waals surface area contributed by atoms with Crippen LogP contribution in [-0.2, 0) is 4.84 Å². The third kappa shape index (κ3) is 4.23. The molecule has 0 aromatic heterocycles. The molecule has 1 heterocycles. The van der Waals surface area contributed by atoms with Gasteiger partial charge >= 0.3 is 6.03 Å². The van der Waals surface area contributed by atoms with E-state index in [-0.39, 0.29) is 18.2 Å². The predicted molar refractivity (Wildman–Crippen MR) is 88.1 cm³/mol. The van der Waals surface area contributed by atoms with Crippen molar-refractivity contribution >= 4 is 11.7 Å². The first-order chi connectivity index (χ1) is 10.5. The Morgan fingerprint density at radius 2 is 2.09 bits per heavy atom. The van der Waals surface area contributed by atoms with Gasteiger partial charge in [0.15, 0.2) is 6.10 Å². The molecule has 0 bridgehead atoms. The molecule has 5 heteroatoms. The normalized spacial score (nSPS) is 17.1. The smallest absolute Gasteiger partial charge is 0.317 e. The highest BCUT2D eigenvalue weighted by molar-refractivity contribution is 6.01. The second kappa shape index (κ2) is 7.29. The Bertz CT molecular complexity index is 537. The zero-order valence-corrected chi connectivity index (χ0v) is 13.8. The molecule has 2 amide bonds. The van der Waals surface area contributed by atoms with Gasteiger partial charge in [0.05, 0.1) is 12.3 Å². The topological polar surface area (TPSA) is 53.9 Å². The lowest BCUT2D eigenvalue weighted by atomic mass is 10.0. The number of amides is 2. The second-order valence-corrected chi connectivity index (χ2v) is 5.98. The molecule has 1 aliphatic heterocycles. The van der Waals surface area contributed by atoms with Gasteiger partial charge in [0.1, 0.15) is 0 Å². The van der Waals surface area contributed by atoms with Gasteiger partial charge in [0, 0.05) is 19.0 Å². The van der Waals surface area contributed by atoms with Crippen LogP contribution in [-0.4, -0.2) is 41.9 Å². The fourth-order valence-corrected chi connectivity index (χ4v) is 2.38. The second-order valence-electron chi connectivity index (χ2n) is 5.98. The quantitative estimate of drug-likeness (QED) is 0.909. The number of carbonyl (C=O) groups is 1. The summed E-state index contributed by atoms with van der Waals surface area (Å²) in [4.78, 5) is 19.3. The zero-order chi connectivity index (χ0) is 16.1. The van der Waals surface area contributed by atoms with E-state index < -0.39 is 0 Å². The molecular formula is C17H25N3O2. The predicted octanol–water partition coefficient (Wildman–Crippen LogP) is 2.93. The minimum absolute atomic E-state index is 0.0510. The molecule has 0 unspecified atom stereocenters. The van der Waals surface area contributed by atoms with E-state index in [2.05, 4.69) is 41.7 Å². The van der Waals surface area contributed by atoms with Gasteiger partial charge in [0.25, 0.3) is 0 Å². The Morgan fingerprint density at radius 3 is 2.68 bits per heavy atom.